The van der Waals surface area contributed by atoms with Crippen molar-refractivity contribution in [3.8, 4) is 0 Å². The van der Waals surface area contributed by atoms with Crippen molar-refractivity contribution in [2.75, 3.05) is 0 Å². The van der Waals surface area contributed by atoms with Gasteiger partial charge in [0, 0.05) is 12.4 Å². The Balaban J connectivity index is 2.30. The van der Waals surface area contributed by atoms with E-state index in [9.17, 15) is 0 Å². The number of hydrogen-bond donors (Lipinski definition) is 0. The van der Waals surface area contributed by atoms with Gasteiger partial charge in [-0.05, 0) is 11.6 Å². The minimum Gasteiger partial charge on any atom is -0.329 e. The largest absolute Gasteiger partial charge is 0.329 e. The summed E-state index contributed by atoms with van der Waals surface area (Å²) in [7, 11) is 0. The molecule has 0 aliphatic heterocycles. The summed E-state index contributed by atoms with van der Waals surface area (Å²) in [6.45, 7) is 0.626. The van der Waals surface area contributed by atoms with Crippen LogP contribution < -0.4 is 0 Å². The summed E-state index contributed by atoms with van der Waals surface area (Å²) in [6, 6.07) is 5.58. The zero-order chi connectivity index (χ0) is 11.5. The lowest BCUT2D eigenvalue weighted by Gasteiger charge is -2.08. The summed E-state index contributed by atoms with van der Waals surface area (Å²) >= 11 is 17.8. The second-order valence-electron chi connectivity index (χ2n) is 3.32. The number of alkyl halides is 1. The van der Waals surface area contributed by atoms with Gasteiger partial charge in [0.05, 0.1) is 22.5 Å². The second-order valence-corrected chi connectivity index (χ2v) is 4.37. The van der Waals surface area contributed by atoms with E-state index in [0.717, 1.165) is 11.4 Å². The van der Waals surface area contributed by atoms with Crippen LogP contribution in [0.25, 0.3) is 0 Å². The van der Waals surface area contributed by atoms with Gasteiger partial charge in [-0.15, -0.1) is 11.6 Å². The molecular formula is C11H9Cl3N2. The molecule has 5 heteroatoms. The Morgan fingerprint density at radius 2 is 2.06 bits per heavy atom. The number of nitrogens with zero attached hydrogens (tertiary/aromatic N) is 2. The fourth-order valence-electron chi connectivity index (χ4n) is 1.47. The number of halogens is 3. The quantitative estimate of drug-likeness (QED) is 0.775. The van der Waals surface area contributed by atoms with Gasteiger partial charge in [-0.3, -0.25) is 0 Å². The maximum absolute atomic E-state index is 6.11. The lowest BCUT2D eigenvalue weighted by atomic mass is 10.2. The first-order valence-electron chi connectivity index (χ1n) is 4.71. The highest BCUT2D eigenvalue weighted by Crippen LogP contribution is 2.26. The van der Waals surface area contributed by atoms with Crippen molar-refractivity contribution >= 4 is 34.8 Å². The molecule has 1 aromatic heterocycles. The van der Waals surface area contributed by atoms with Gasteiger partial charge < -0.3 is 4.57 Å². The van der Waals surface area contributed by atoms with Crippen molar-refractivity contribution < 1.29 is 0 Å². The lowest BCUT2D eigenvalue weighted by molar-refractivity contribution is 0.755. The molecule has 0 amide bonds. The standard InChI is InChI=1S/C11H9Cl3N2/c12-6-10-15-4-5-16(10)7-8-2-1-3-9(13)11(8)14/h1-5H,6-7H2. The molecule has 0 aliphatic carbocycles. The molecule has 2 nitrogen and oxygen atoms in total. The molecule has 1 heterocycles. The first-order chi connectivity index (χ1) is 7.72. The molecule has 0 bridgehead atoms. The Morgan fingerprint density at radius 1 is 1.25 bits per heavy atom. The van der Waals surface area contributed by atoms with Crippen LogP contribution in [0.15, 0.2) is 30.6 Å². The Kier molecular flexibility index (Phi) is 3.74. The highest BCUT2D eigenvalue weighted by atomic mass is 35.5. The van der Waals surface area contributed by atoms with E-state index < -0.39 is 0 Å². The smallest absolute Gasteiger partial charge is 0.123 e. The van der Waals surface area contributed by atoms with E-state index in [2.05, 4.69) is 4.98 Å². The van der Waals surface area contributed by atoms with E-state index in [4.69, 9.17) is 34.8 Å². The molecule has 0 N–H and O–H groups in total. The van der Waals surface area contributed by atoms with E-state index in [1.54, 1.807) is 12.3 Å². The topological polar surface area (TPSA) is 17.8 Å². The van der Waals surface area contributed by atoms with Gasteiger partial charge >= 0.3 is 0 Å². The van der Waals surface area contributed by atoms with Crippen LogP contribution in [0.1, 0.15) is 11.4 Å². The molecule has 84 valence electrons. The lowest BCUT2D eigenvalue weighted by Crippen LogP contribution is -2.03. The molecule has 2 rings (SSSR count). The molecule has 2 aromatic rings. The predicted octanol–water partition coefficient (Wildman–Crippen LogP) is 3.98. The fraction of sp³-hybridized carbons (Fsp3) is 0.182. The maximum Gasteiger partial charge on any atom is 0.123 e. The summed E-state index contributed by atoms with van der Waals surface area (Å²) in [5.74, 6) is 1.20. The van der Waals surface area contributed by atoms with Gasteiger partial charge in [0.15, 0.2) is 0 Å². The summed E-state index contributed by atoms with van der Waals surface area (Å²) in [4.78, 5) is 4.14. The zero-order valence-corrected chi connectivity index (χ0v) is 10.6. The third kappa shape index (κ3) is 2.34. The Hall–Kier alpha value is -0.700. The van der Waals surface area contributed by atoms with Crippen LogP contribution in [-0.4, -0.2) is 9.55 Å². The minimum atomic E-state index is 0.380. The summed E-state index contributed by atoms with van der Waals surface area (Å²) in [5.41, 5.74) is 0.957. The first kappa shape index (κ1) is 11.8. The molecule has 0 spiro atoms. The van der Waals surface area contributed by atoms with Gasteiger partial charge in [-0.2, -0.15) is 0 Å². The fourth-order valence-corrected chi connectivity index (χ4v) is 2.07. The number of rotatable bonds is 3. The van der Waals surface area contributed by atoms with Crippen LogP contribution >= 0.6 is 34.8 Å². The van der Waals surface area contributed by atoms with Crippen LogP contribution in [0, 0.1) is 0 Å². The van der Waals surface area contributed by atoms with E-state index in [0.29, 0.717) is 22.5 Å². The van der Waals surface area contributed by atoms with Crippen LogP contribution in [0.3, 0.4) is 0 Å². The third-order valence-electron chi connectivity index (χ3n) is 2.29. The van der Waals surface area contributed by atoms with Crippen LogP contribution in [0.5, 0.6) is 0 Å². The van der Waals surface area contributed by atoms with Gasteiger partial charge in [0.2, 0.25) is 0 Å². The van der Waals surface area contributed by atoms with E-state index in [1.165, 1.54) is 0 Å². The number of hydrogen-bond acceptors (Lipinski definition) is 1. The summed E-state index contributed by atoms with van der Waals surface area (Å²) in [5, 5.41) is 1.14. The number of imidazole rings is 1. The molecule has 0 atom stereocenters. The Labute approximate surface area is 109 Å². The highest BCUT2D eigenvalue weighted by molar-refractivity contribution is 6.42. The Morgan fingerprint density at radius 3 is 2.81 bits per heavy atom. The van der Waals surface area contributed by atoms with Gasteiger partial charge in [0.25, 0.3) is 0 Å². The van der Waals surface area contributed by atoms with Crippen molar-refractivity contribution in [1.29, 1.82) is 0 Å². The molecular weight excluding hydrogens is 266 g/mol. The molecule has 0 saturated carbocycles. The number of benzene rings is 1. The number of aromatic nitrogens is 2. The monoisotopic (exact) mass is 274 g/mol. The van der Waals surface area contributed by atoms with Gasteiger partial charge in [-0.25, -0.2) is 4.98 Å². The van der Waals surface area contributed by atoms with E-state index in [1.807, 2.05) is 22.9 Å². The molecule has 0 fully saturated rings. The molecule has 0 aliphatic rings. The van der Waals surface area contributed by atoms with Crippen molar-refractivity contribution in [2.24, 2.45) is 0 Å². The SMILES string of the molecule is ClCc1nccn1Cc1cccc(Cl)c1Cl. The average molecular weight is 276 g/mol. The van der Waals surface area contributed by atoms with E-state index in [-0.39, 0.29) is 0 Å². The van der Waals surface area contributed by atoms with Crippen LogP contribution in [-0.2, 0) is 12.4 Å². The van der Waals surface area contributed by atoms with Crippen molar-refractivity contribution in [3.05, 3.63) is 52.0 Å². The van der Waals surface area contributed by atoms with E-state index >= 15 is 0 Å². The molecule has 0 radical (unpaired) electrons. The Bertz CT molecular complexity index is 494. The normalized spacial score (nSPS) is 10.7. The minimum absolute atomic E-state index is 0.380. The second kappa shape index (κ2) is 5.09. The van der Waals surface area contributed by atoms with Gasteiger partial charge in [-0.1, -0.05) is 35.3 Å². The van der Waals surface area contributed by atoms with Crippen molar-refractivity contribution in [1.82, 2.24) is 9.55 Å². The molecule has 16 heavy (non-hydrogen) atoms. The zero-order valence-electron chi connectivity index (χ0n) is 8.33. The van der Waals surface area contributed by atoms with Crippen LogP contribution in [0.2, 0.25) is 10.0 Å². The third-order valence-corrected chi connectivity index (χ3v) is 3.39. The van der Waals surface area contributed by atoms with Crippen molar-refractivity contribution in [3.63, 3.8) is 0 Å². The van der Waals surface area contributed by atoms with Crippen molar-refractivity contribution in [2.45, 2.75) is 12.4 Å². The molecule has 1 aromatic carbocycles. The molecule has 0 unspecified atom stereocenters. The average Bonchev–Trinajstić information content (AvgIpc) is 2.72. The van der Waals surface area contributed by atoms with Gasteiger partial charge in [0.1, 0.15) is 5.82 Å². The first-order valence-corrected chi connectivity index (χ1v) is 6.00. The maximum atomic E-state index is 6.11. The predicted molar refractivity (Wildman–Crippen MR) is 67.3 cm³/mol. The highest BCUT2D eigenvalue weighted by Gasteiger charge is 2.07. The molecule has 0 saturated heterocycles. The summed E-state index contributed by atoms with van der Waals surface area (Å²) < 4.78 is 1.95. The summed E-state index contributed by atoms with van der Waals surface area (Å²) in [6.07, 6.45) is 3.59. The van der Waals surface area contributed by atoms with Crippen LogP contribution in [0.4, 0.5) is 0 Å².